The number of amides is 2. The molecule has 1 aliphatic rings. The molecule has 0 aliphatic heterocycles. The number of anilines is 2. The van der Waals surface area contributed by atoms with E-state index in [1.807, 2.05) is 42.5 Å². The number of hydrogen-bond acceptors (Lipinski definition) is 3. The van der Waals surface area contributed by atoms with Crippen LogP contribution in [-0.2, 0) is 16.0 Å². The van der Waals surface area contributed by atoms with Crippen molar-refractivity contribution in [2.24, 2.45) is 11.8 Å². The average molecular weight is 380 g/mol. The van der Waals surface area contributed by atoms with E-state index >= 15 is 0 Å². The molecule has 3 rings (SSSR count). The molecule has 1 fully saturated rings. The summed E-state index contributed by atoms with van der Waals surface area (Å²) in [5.74, 6) is 0.689. The van der Waals surface area contributed by atoms with E-state index in [0.717, 1.165) is 43.5 Å². The molecule has 1 aliphatic carbocycles. The second-order valence-electron chi connectivity index (χ2n) is 7.31. The lowest BCUT2D eigenvalue weighted by Crippen LogP contribution is -2.32. The predicted octanol–water partition coefficient (Wildman–Crippen LogP) is 4.64. The largest absolute Gasteiger partial charge is 0.497 e. The topological polar surface area (TPSA) is 67.4 Å². The SMILES string of the molecule is CCc1ccc(NC(=O)C2CCC(C(=O)Nc3cccc(OC)c3)CC2)cc1. The first-order chi connectivity index (χ1) is 13.6. The Bertz CT molecular complexity index is 809. The Kier molecular flexibility index (Phi) is 6.69. The zero-order valence-corrected chi connectivity index (χ0v) is 16.5. The van der Waals surface area contributed by atoms with E-state index < -0.39 is 0 Å². The van der Waals surface area contributed by atoms with Crippen molar-refractivity contribution >= 4 is 23.2 Å². The van der Waals surface area contributed by atoms with Crippen molar-refractivity contribution in [1.29, 1.82) is 0 Å². The minimum atomic E-state index is -0.0564. The molecule has 0 unspecified atom stereocenters. The molecule has 2 N–H and O–H groups in total. The third-order valence-electron chi connectivity index (χ3n) is 5.44. The van der Waals surface area contributed by atoms with E-state index in [2.05, 4.69) is 17.6 Å². The van der Waals surface area contributed by atoms with Crippen LogP contribution in [-0.4, -0.2) is 18.9 Å². The number of methoxy groups -OCH3 is 1. The van der Waals surface area contributed by atoms with Crippen LogP contribution in [0.2, 0.25) is 0 Å². The maximum Gasteiger partial charge on any atom is 0.227 e. The lowest BCUT2D eigenvalue weighted by atomic mass is 9.81. The van der Waals surface area contributed by atoms with Crippen LogP contribution >= 0.6 is 0 Å². The molecule has 28 heavy (non-hydrogen) atoms. The summed E-state index contributed by atoms with van der Waals surface area (Å²) in [4.78, 5) is 25.1. The minimum Gasteiger partial charge on any atom is -0.497 e. The van der Waals surface area contributed by atoms with E-state index in [1.165, 1.54) is 5.56 Å². The summed E-state index contributed by atoms with van der Waals surface area (Å²) in [6, 6.07) is 15.3. The maximum absolute atomic E-state index is 12.5. The third kappa shape index (κ3) is 5.12. The van der Waals surface area contributed by atoms with Gasteiger partial charge in [-0.3, -0.25) is 9.59 Å². The highest BCUT2D eigenvalue weighted by Gasteiger charge is 2.30. The monoisotopic (exact) mass is 380 g/mol. The van der Waals surface area contributed by atoms with Crippen molar-refractivity contribution < 1.29 is 14.3 Å². The van der Waals surface area contributed by atoms with Gasteiger partial charge in [0.15, 0.2) is 0 Å². The Balaban J connectivity index is 1.48. The normalized spacial score (nSPS) is 18.9. The molecular formula is C23H28N2O3. The van der Waals surface area contributed by atoms with Gasteiger partial charge in [-0.2, -0.15) is 0 Å². The molecule has 148 valence electrons. The molecule has 5 heteroatoms. The molecule has 0 aromatic heterocycles. The number of aryl methyl sites for hydroxylation is 1. The number of hydrogen-bond donors (Lipinski definition) is 2. The summed E-state index contributed by atoms with van der Waals surface area (Å²) < 4.78 is 5.19. The van der Waals surface area contributed by atoms with Gasteiger partial charge >= 0.3 is 0 Å². The summed E-state index contributed by atoms with van der Waals surface area (Å²) in [7, 11) is 1.60. The molecule has 5 nitrogen and oxygen atoms in total. The van der Waals surface area contributed by atoms with E-state index in [1.54, 1.807) is 13.2 Å². The van der Waals surface area contributed by atoms with Gasteiger partial charge in [-0.05, 0) is 61.9 Å². The Labute approximate surface area is 166 Å². The molecule has 0 bridgehead atoms. The zero-order chi connectivity index (χ0) is 19.9. The van der Waals surface area contributed by atoms with Gasteiger partial charge in [0, 0.05) is 29.3 Å². The number of nitrogens with one attached hydrogen (secondary N) is 2. The molecule has 1 saturated carbocycles. The van der Waals surface area contributed by atoms with Gasteiger partial charge in [0.1, 0.15) is 5.75 Å². The van der Waals surface area contributed by atoms with Gasteiger partial charge < -0.3 is 15.4 Å². The van der Waals surface area contributed by atoms with Gasteiger partial charge in [-0.15, -0.1) is 0 Å². The van der Waals surface area contributed by atoms with E-state index in [-0.39, 0.29) is 23.7 Å². The first-order valence-electron chi connectivity index (χ1n) is 9.93. The smallest absolute Gasteiger partial charge is 0.227 e. The average Bonchev–Trinajstić information content (AvgIpc) is 2.74. The predicted molar refractivity (Wildman–Crippen MR) is 112 cm³/mol. The minimum absolute atomic E-state index is 0.0160. The fourth-order valence-electron chi connectivity index (χ4n) is 3.63. The van der Waals surface area contributed by atoms with Crippen LogP contribution < -0.4 is 15.4 Å². The lowest BCUT2D eigenvalue weighted by Gasteiger charge is -2.27. The van der Waals surface area contributed by atoms with Gasteiger partial charge in [0.2, 0.25) is 11.8 Å². The highest BCUT2D eigenvalue weighted by atomic mass is 16.5. The number of ether oxygens (including phenoxy) is 1. The molecular weight excluding hydrogens is 352 g/mol. The first-order valence-corrected chi connectivity index (χ1v) is 9.93. The molecule has 0 spiro atoms. The van der Waals surface area contributed by atoms with E-state index in [9.17, 15) is 9.59 Å². The first kappa shape index (κ1) is 19.9. The lowest BCUT2D eigenvalue weighted by molar-refractivity contribution is -0.125. The summed E-state index contributed by atoms with van der Waals surface area (Å²) in [6.45, 7) is 2.11. The second kappa shape index (κ2) is 9.40. The Morgan fingerprint density at radius 2 is 1.46 bits per heavy atom. The number of carbonyl (C=O) groups is 2. The molecule has 0 radical (unpaired) electrons. The third-order valence-corrected chi connectivity index (χ3v) is 5.44. The van der Waals surface area contributed by atoms with Gasteiger partial charge in [-0.1, -0.05) is 25.1 Å². The highest BCUT2D eigenvalue weighted by Crippen LogP contribution is 2.31. The van der Waals surface area contributed by atoms with Gasteiger partial charge in [0.25, 0.3) is 0 Å². The van der Waals surface area contributed by atoms with Crippen LogP contribution in [0.25, 0.3) is 0 Å². The van der Waals surface area contributed by atoms with Crippen LogP contribution in [0.5, 0.6) is 5.75 Å². The maximum atomic E-state index is 12.5. The van der Waals surface area contributed by atoms with Crippen molar-refractivity contribution in [3.8, 4) is 5.75 Å². The second-order valence-corrected chi connectivity index (χ2v) is 7.31. The van der Waals surface area contributed by atoms with Crippen molar-refractivity contribution in [3.63, 3.8) is 0 Å². The summed E-state index contributed by atoms with van der Waals surface area (Å²) in [6.07, 6.45) is 3.89. The number of rotatable bonds is 6. The summed E-state index contributed by atoms with van der Waals surface area (Å²) >= 11 is 0. The molecule has 0 saturated heterocycles. The Hall–Kier alpha value is -2.82. The number of benzene rings is 2. The van der Waals surface area contributed by atoms with Crippen molar-refractivity contribution in [3.05, 3.63) is 54.1 Å². The van der Waals surface area contributed by atoms with E-state index in [0.29, 0.717) is 5.75 Å². The Morgan fingerprint density at radius 1 is 0.893 bits per heavy atom. The van der Waals surface area contributed by atoms with Gasteiger partial charge in [0.05, 0.1) is 7.11 Å². The molecule has 2 aromatic rings. The number of carbonyl (C=O) groups excluding carboxylic acids is 2. The Morgan fingerprint density at radius 3 is 2.00 bits per heavy atom. The van der Waals surface area contributed by atoms with Crippen LogP contribution in [0.3, 0.4) is 0 Å². The summed E-state index contributed by atoms with van der Waals surface area (Å²) in [5.41, 5.74) is 2.82. The highest BCUT2D eigenvalue weighted by molar-refractivity contribution is 5.94. The van der Waals surface area contributed by atoms with Crippen molar-refractivity contribution in [2.75, 3.05) is 17.7 Å². The van der Waals surface area contributed by atoms with Crippen LogP contribution in [0, 0.1) is 11.8 Å². The fraction of sp³-hybridized carbons (Fsp3) is 0.391. The van der Waals surface area contributed by atoms with E-state index in [4.69, 9.17) is 4.74 Å². The van der Waals surface area contributed by atoms with Gasteiger partial charge in [-0.25, -0.2) is 0 Å². The molecule has 0 heterocycles. The standard InChI is InChI=1S/C23H28N2O3/c1-3-16-7-13-19(14-8-16)24-22(26)17-9-11-18(12-10-17)23(27)25-20-5-4-6-21(15-20)28-2/h4-8,13-15,17-18H,3,9-12H2,1-2H3,(H,24,26)(H,25,27). The van der Waals surface area contributed by atoms with Crippen LogP contribution in [0.4, 0.5) is 11.4 Å². The molecule has 0 atom stereocenters. The summed E-state index contributed by atoms with van der Waals surface area (Å²) in [5, 5.41) is 5.97. The zero-order valence-electron chi connectivity index (χ0n) is 16.5. The van der Waals surface area contributed by atoms with Crippen LogP contribution in [0.1, 0.15) is 38.2 Å². The fourth-order valence-corrected chi connectivity index (χ4v) is 3.63. The quantitative estimate of drug-likeness (QED) is 0.767. The van der Waals surface area contributed by atoms with Crippen LogP contribution in [0.15, 0.2) is 48.5 Å². The molecule has 2 amide bonds. The molecule has 2 aromatic carbocycles. The van der Waals surface area contributed by atoms with Crippen molar-refractivity contribution in [1.82, 2.24) is 0 Å². The van der Waals surface area contributed by atoms with Crippen molar-refractivity contribution in [2.45, 2.75) is 39.0 Å².